The minimum Gasteiger partial charge on any atom is -0.496 e. The Kier molecular flexibility index (Phi) is 9.91. The van der Waals surface area contributed by atoms with E-state index in [1.807, 2.05) is 0 Å². The van der Waals surface area contributed by atoms with Crippen LogP contribution in [0.15, 0.2) is 36.4 Å². The number of para-hydroxylation sites is 1. The highest BCUT2D eigenvalue weighted by molar-refractivity contribution is 6.34. The second kappa shape index (κ2) is 12.4. The summed E-state index contributed by atoms with van der Waals surface area (Å²) in [6.07, 6.45) is 0. The number of halogens is 2. The van der Waals surface area contributed by atoms with Crippen LogP contribution >= 0.6 is 23.2 Å². The Morgan fingerprint density at radius 1 is 1.03 bits per heavy atom. The van der Waals surface area contributed by atoms with Gasteiger partial charge in [0.15, 0.2) is 6.61 Å². The number of anilines is 1. The van der Waals surface area contributed by atoms with Crippen molar-refractivity contribution in [3.8, 4) is 11.5 Å². The summed E-state index contributed by atoms with van der Waals surface area (Å²) in [7, 11) is 1.45. The predicted molar refractivity (Wildman–Crippen MR) is 124 cm³/mol. The van der Waals surface area contributed by atoms with Gasteiger partial charge in [0.05, 0.1) is 28.4 Å². The number of carbonyl (C=O) groups is 2. The molecule has 0 saturated heterocycles. The molecule has 168 valence electrons. The summed E-state index contributed by atoms with van der Waals surface area (Å²) in [6.45, 7) is 6.96. The normalized spacial score (nSPS) is 10.6. The first kappa shape index (κ1) is 24.8. The fraction of sp³-hybridized carbons (Fsp3) is 0.364. The van der Waals surface area contributed by atoms with Gasteiger partial charge in [-0.15, -0.1) is 0 Å². The van der Waals surface area contributed by atoms with E-state index < -0.39 is 5.91 Å². The largest absolute Gasteiger partial charge is 0.496 e. The molecule has 0 aliphatic carbocycles. The number of rotatable bonds is 11. The van der Waals surface area contributed by atoms with Gasteiger partial charge in [0, 0.05) is 19.2 Å². The first-order valence-electron chi connectivity index (χ1n) is 9.94. The number of hydrogen-bond donors (Lipinski definition) is 2. The first-order chi connectivity index (χ1) is 14.9. The van der Waals surface area contributed by atoms with Crippen molar-refractivity contribution >= 4 is 40.7 Å². The van der Waals surface area contributed by atoms with Gasteiger partial charge < -0.3 is 25.0 Å². The molecule has 2 N–H and O–H groups in total. The standard InChI is InChI=1S/C22H27Cl2N3O4/c1-4-27(5-2)11-10-25-22(29)15-12-17(24)18(13-20(15)30-3)26-21(28)14-31-19-9-7-6-8-16(19)23/h6-9,12-13H,4-5,10-11,14H2,1-3H3,(H,25,29)(H,26,28). The zero-order chi connectivity index (χ0) is 22.8. The van der Waals surface area contributed by atoms with Crippen molar-refractivity contribution in [1.82, 2.24) is 10.2 Å². The molecule has 7 nitrogen and oxygen atoms in total. The summed E-state index contributed by atoms with van der Waals surface area (Å²) in [4.78, 5) is 27.0. The van der Waals surface area contributed by atoms with E-state index in [4.69, 9.17) is 32.7 Å². The molecule has 9 heteroatoms. The Morgan fingerprint density at radius 2 is 1.74 bits per heavy atom. The smallest absolute Gasteiger partial charge is 0.262 e. The van der Waals surface area contributed by atoms with Gasteiger partial charge in [-0.3, -0.25) is 9.59 Å². The highest BCUT2D eigenvalue weighted by Crippen LogP contribution is 2.31. The van der Waals surface area contributed by atoms with E-state index in [1.165, 1.54) is 19.2 Å². The molecule has 0 aromatic heterocycles. The average Bonchev–Trinajstić information content (AvgIpc) is 2.77. The lowest BCUT2D eigenvalue weighted by atomic mass is 10.1. The van der Waals surface area contributed by atoms with E-state index in [9.17, 15) is 9.59 Å². The molecule has 2 aromatic carbocycles. The molecular formula is C22H27Cl2N3O4. The van der Waals surface area contributed by atoms with Gasteiger partial charge in [0.25, 0.3) is 11.8 Å². The predicted octanol–water partition coefficient (Wildman–Crippen LogP) is 4.09. The first-order valence-corrected chi connectivity index (χ1v) is 10.7. The topological polar surface area (TPSA) is 79.9 Å². The molecule has 0 aliphatic heterocycles. The maximum absolute atomic E-state index is 12.6. The maximum Gasteiger partial charge on any atom is 0.262 e. The van der Waals surface area contributed by atoms with Gasteiger partial charge in [-0.05, 0) is 31.3 Å². The van der Waals surface area contributed by atoms with Crippen molar-refractivity contribution in [1.29, 1.82) is 0 Å². The number of likely N-dealkylation sites (N-methyl/N-ethyl adjacent to an activating group) is 1. The van der Waals surface area contributed by atoms with E-state index in [1.54, 1.807) is 24.3 Å². The van der Waals surface area contributed by atoms with Gasteiger partial charge >= 0.3 is 0 Å². The Morgan fingerprint density at radius 3 is 2.39 bits per heavy atom. The van der Waals surface area contributed by atoms with E-state index in [0.717, 1.165) is 19.6 Å². The summed E-state index contributed by atoms with van der Waals surface area (Å²) >= 11 is 12.3. The molecule has 0 saturated carbocycles. The zero-order valence-corrected chi connectivity index (χ0v) is 19.3. The van der Waals surface area contributed by atoms with Gasteiger partial charge in [0.1, 0.15) is 11.5 Å². The van der Waals surface area contributed by atoms with E-state index in [0.29, 0.717) is 28.8 Å². The number of nitrogens with zero attached hydrogens (tertiary/aromatic N) is 1. The van der Waals surface area contributed by atoms with Crippen LogP contribution in [0.5, 0.6) is 11.5 Å². The summed E-state index contributed by atoms with van der Waals surface area (Å²) in [5, 5.41) is 6.14. The van der Waals surface area contributed by atoms with Gasteiger partial charge in [0.2, 0.25) is 0 Å². The number of hydrogen-bond acceptors (Lipinski definition) is 5. The molecule has 0 heterocycles. The molecule has 0 atom stereocenters. The van der Waals surface area contributed by atoms with Crippen molar-refractivity contribution in [2.45, 2.75) is 13.8 Å². The van der Waals surface area contributed by atoms with Crippen molar-refractivity contribution in [3.05, 3.63) is 52.0 Å². The number of nitrogens with one attached hydrogen (secondary N) is 2. The molecule has 2 aromatic rings. The van der Waals surface area contributed by atoms with Crippen LogP contribution in [0.3, 0.4) is 0 Å². The number of amides is 2. The van der Waals surface area contributed by atoms with Gasteiger partial charge in [-0.25, -0.2) is 0 Å². The zero-order valence-electron chi connectivity index (χ0n) is 17.8. The maximum atomic E-state index is 12.6. The van der Waals surface area contributed by atoms with Gasteiger partial charge in [-0.1, -0.05) is 49.2 Å². The molecule has 0 fully saturated rings. The minimum absolute atomic E-state index is 0.209. The van der Waals surface area contributed by atoms with Crippen molar-refractivity contribution < 1.29 is 19.1 Å². The fourth-order valence-electron chi connectivity index (χ4n) is 2.85. The fourth-order valence-corrected chi connectivity index (χ4v) is 3.25. The number of carbonyl (C=O) groups excluding carboxylic acids is 2. The molecule has 2 rings (SSSR count). The van der Waals surface area contributed by atoms with Crippen molar-refractivity contribution in [2.75, 3.05) is 45.2 Å². The second-order valence-electron chi connectivity index (χ2n) is 6.58. The number of benzene rings is 2. The highest BCUT2D eigenvalue weighted by atomic mass is 35.5. The number of ether oxygens (including phenoxy) is 2. The highest BCUT2D eigenvalue weighted by Gasteiger charge is 2.17. The van der Waals surface area contributed by atoms with Crippen LogP contribution in [-0.4, -0.2) is 56.6 Å². The number of methoxy groups -OCH3 is 1. The van der Waals surface area contributed by atoms with E-state index in [-0.39, 0.29) is 23.1 Å². The monoisotopic (exact) mass is 467 g/mol. The average molecular weight is 468 g/mol. The molecule has 0 aliphatic rings. The van der Waals surface area contributed by atoms with Crippen LogP contribution in [0.25, 0.3) is 0 Å². The van der Waals surface area contributed by atoms with E-state index >= 15 is 0 Å². The second-order valence-corrected chi connectivity index (χ2v) is 7.40. The van der Waals surface area contributed by atoms with Gasteiger partial charge in [-0.2, -0.15) is 0 Å². The molecule has 0 radical (unpaired) electrons. The summed E-state index contributed by atoms with van der Waals surface area (Å²) in [5.74, 6) is -0.0297. The Labute approximate surface area is 192 Å². The quantitative estimate of drug-likeness (QED) is 0.520. The summed E-state index contributed by atoms with van der Waals surface area (Å²) in [6, 6.07) is 9.84. The Bertz CT molecular complexity index is 904. The molecule has 0 unspecified atom stereocenters. The third-order valence-corrected chi connectivity index (χ3v) is 5.24. The Balaban J connectivity index is 2.01. The SMILES string of the molecule is CCN(CC)CCNC(=O)c1cc(Cl)c(NC(=O)COc2ccccc2Cl)cc1OC. The minimum atomic E-state index is -0.430. The van der Waals surface area contributed by atoms with Crippen molar-refractivity contribution in [3.63, 3.8) is 0 Å². The third kappa shape index (κ3) is 7.31. The van der Waals surface area contributed by atoms with Crippen LogP contribution in [0.4, 0.5) is 5.69 Å². The van der Waals surface area contributed by atoms with E-state index in [2.05, 4.69) is 29.4 Å². The molecule has 0 bridgehead atoms. The van der Waals surface area contributed by atoms with Crippen LogP contribution in [-0.2, 0) is 4.79 Å². The van der Waals surface area contributed by atoms with Crippen LogP contribution in [0.1, 0.15) is 24.2 Å². The molecular weight excluding hydrogens is 441 g/mol. The van der Waals surface area contributed by atoms with Crippen molar-refractivity contribution in [2.24, 2.45) is 0 Å². The Hall–Kier alpha value is -2.48. The summed E-state index contributed by atoms with van der Waals surface area (Å²) < 4.78 is 10.8. The van der Waals surface area contributed by atoms with Crippen LogP contribution < -0.4 is 20.1 Å². The lowest BCUT2D eigenvalue weighted by Crippen LogP contribution is -2.35. The third-order valence-electron chi connectivity index (χ3n) is 4.61. The molecule has 0 spiro atoms. The van der Waals surface area contributed by atoms with Crippen LogP contribution in [0, 0.1) is 0 Å². The lowest BCUT2D eigenvalue weighted by molar-refractivity contribution is -0.118. The molecule has 31 heavy (non-hydrogen) atoms. The lowest BCUT2D eigenvalue weighted by Gasteiger charge is -2.18. The molecule has 2 amide bonds. The van der Waals surface area contributed by atoms with Crippen LogP contribution in [0.2, 0.25) is 10.0 Å². The summed E-state index contributed by atoms with van der Waals surface area (Å²) in [5.41, 5.74) is 0.600.